The van der Waals surface area contributed by atoms with Gasteiger partial charge in [0.05, 0.1) is 31.0 Å². The van der Waals surface area contributed by atoms with Gasteiger partial charge in [0.15, 0.2) is 5.11 Å². The summed E-state index contributed by atoms with van der Waals surface area (Å²) < 4.78 is 7.95. The maximum atomic E-state index is 5.84. The highest BCUT2D eigenvalue weighted by molar-refractivity contribution is 7.80. The molecule has 32 heavy (non-hydrogen) atoms. The van der Waals surface area contributed by atoms with Gasteiger partial charge in [-0.2, -0.15) is 0 Å². The lowest BCUT2D eigenvalue weighted by atomic mass is 9.95. The molecule has 3 aliphatic rings. The zero-order valence-corrected chi connectivity index (χ0v) is 19.7. The van der Waals surface area contributed by atoms with Gasteiger partial charge in [-0.3, -0.25) is 9.88 Å². The molecule has 0 amide bonds. The van der Waals surface area contributed by atoms with E-state index < -0.39 is 0 Å². The second kappa shape index (κ2) is 10.3. The zero-order chi connectivity index (χ0) is 21.8. The lowest BCUT2D eigenvalue weighted by Gasteiger charge is -2.30. The van der Waals surface area contributed by atoms with Crippen LogP contribution in [0.5, 0.6) is 0 Å². The first kappa shape index (κ1) is 21.9. The minimum absolute atomic E-state index is 0.0780. The minimum Gasteiger partial charge on any atom is -0.379 e. The van der Waals surface area contributed by atoms with Crippen molar-refractivity contribution >= 4 is 17.3 Å². The van der Waals surface area contributed by atoms with Gasteiger partial charge in [-0.1, -0.05) is 25.3 Å². The molecule has 4 heterocycles. The number of aromatic nitrogens is 2. The molecule has 172 valence electrons. The maximum absolute atomic E-state index is 5.84. The molecule has 1 saturated carbocycles. The normalized spacial score (nSPS) is 25.2. The number of morpholine rings is 1. The van der Waals surface area contributed by atoms with Crippen LogP contribution in [0.15, 0.2) is 42.9 Å². The Labute approximate surface area is 196 Å². The van der Waals surface area contributed by atoms with Crippen molar-refractivity contribution in [3.8, 4) is 0 Å². The van der Waals surface area contributed by atoms with Gasteiger partial charge < -0.3 is 19.5 Å². The van der Waals surface area contributed by atoms with Crippen LogP contribution in [0.1, 0.15) is 67.9 Å². The summed E-state index contributed by atoms with van der Waals surface area (Å²) in [5.41, 5.74) is 2.39. The van der Waals surface area contributed by atoms with Crippen LogP contribution in [0.25, 0.3) is 0 Å². The highest BCUT2D eigenvalue weighted by Crippen LogP contribution is 2.39. The van der Waals surface area contributed by atoms with Crippen LogP contribution in [-0.2, 0) is 4.74 Å². The summed E-state index contributed by atoms with van der Waals surface area (Å²) in [7, 11) is 0. The molecule has 2 aromatic heterocycles. The molecule has 1 aliphatic carbocycles. The van der Waals surface area contributed by atoms with E-state index in [0.717, 1.165) is 56.6 Å². The summed E-state index contributed by atoms with van der Waals surface area (Å²) in [6.45, 7) is 5.81. The molecule has 3 fully saturated rings. The predicted molar refractivity (Wildman–Crippen MR) is 131 cm³/mol. The van der Waals surface area contributed by atoms with Gasteiger partial charge in [0.25, 0.3) is 0 Å². The van der Waals surface area contributed by atoms with Crippen LogP contribution in [0.3, 0.4) is 0 Å². The minimum atomic E-state index is 0.0780. The summed E-state index contributed by atoms with van der Waals surface area (Å²) in [6, 6.07) is 9.36. The first-order chi connectivity index (χ1) is 15.8. The third-order valence-corrected chi connectivity index (χ3v) is 7.60. The van der Waals surface area contributed by atoms with E-state index in [-0.39, 0.29) is 12.1 Å². The molecular weight excluding hydrogens is 418 g/mol. The molecule has 2 aromatic rings. The van der Waals surface area contributed by atoms with Crippen LogP contribution >= 0.6 is 12.2 Å². The number of ether oxygens (including phenoxy) is 1. The van der Waals surface area contributed by atoms with E-state index >= 15 is 0 Å². The summed E-state index contributed by atoms with van der Waals surface area (Å²) in [4.78, 5) is 9.58. The fourth-order valence-corrected chi connectivity index (χ4v) is 5.84. The summed E-state index contributed by atoms with van der Waals surface area (Å²) in [5, 5.41) is 4.44. The first-order valence-electron chi connectivity index (χ1n) is 12.2. The lowest BCUT2D eigenvalue weighted by molar-refractivity contribution is 0.0365. The van der Waals surface area contributed by atoms with E-state index in [2.05, 4.69) is 55.3 Å². The Balaban J connectivity index is 1.35. The molecular formula is C25H35N5OS. The Hall–Kier alpha value is -1.96. The van der Waals surface area contributed by atoms with E-state index in [1.165, 1.54) is 37.7 Å². The van der Waals surface area contributed by atoms with Crippen molar-refractivity contribution in [1.82, 2.24) is 24.7 Å². The van der Waals surface area contributed by atoms with Crippen LogP contribution in [0.2, 0.25) is 0 Å². The summed E-state index contributed by atoms with van der Waals surface area (Å²) in [6.07, 6.45) is 14.3. The average Bonchev–Trinajstić information content (AvgIpc) is 3.46. The highest BCUT2D eigenvalue weighted by atomic mass is 32.1. The average molecular weight is 454 g/mol. The predicted octanol–water partition coefficient (Wildman–Crippen LogP) is 4.08. The number of nitrogens with one attached hydrogen (secondary N) is 1. The number of nitrogens with zero attached hydrogens (tertiary/aromatic N) is 4. The van der Waals surface area contributed by atoms with Crippen molar-refractivity contribution in [2.75, 3.05) is 39.4 Å². The maximum Gasteiger partial charge on any atom is 0.170 e. The third-order valence-electron chi connectivity index (χ3n) is 7.25. The quantitative estimate of drug-likeness (QED) is 0.638. The van der Waals surface area contributed by atoms with Crippen molar-refractivity contribution in [1.29, 1.82) is 0 Å². The fourth-order valence-electron chi connectivity index (χ4n) is 5.51. The van der Waals surface area contributed by atoms with Gasteiger partial charge in [0.1, 0.15) is 0 Å². The Kier molecular flexibility index (Phi) is 7.05. The van der Waals surface area contributed by atoms with Crippen LogP contribution in [0, 0.1) is 0 Å². The molecule has 1 N–H and O–H groups in total. The molecule has 2 aliphatic heterocycles. The topological polar surface area (TPSA) is 45.6 Å². The molecule has 7 heteroatoms. The standard InChI is InChI=1S/C25H35N5OS/c32-25-27-23(22-9-4-5-11-26-22)24(30(25)13-6-12-28-15-17-31-18-16-28)20-10-14-29(19-20)21-7-2-1-3-8-21/h4-5,9-11,14,19,21,23-24H,1-3,6-8,12-13,15-18H2,(H,27,32)/t23-,24+/m0/s1. The van der Waals surface area contributed by atoms with E-state index in [9.17, 15) is 0 Å². The molecule has 5 rings (SSSR count). The Morgan fingerprint density at radius 2 is 1.91 bits per heavy atom. The molecule has 2 atom stereocenters. The Morgan fingerprint density at radius 3 is 2.69 bits per heavy atom. The van der Waals surface area contributed by atoms with Gasteiger partial charge in [-0.05, 0) is 55.2 Å². The molecule has 0 unspecified atom stereocenters. The second-order valence-electron chi connectivity index (χ2n) is 9.31. The van der Waals surface area contributed by atoms with Crippen molar-refractivity contribution in [3.63, 3.8) is 0 Å². The van der Waals surface area contributed by atoms with Gasteiger partial charge in [-0.25, -0.2) is 0 Å². The number of pyridine rings is 1. The lowest BCUT2D eigenvalue weighted by Crippen LogP contribution is -2.38. The third kappa shape index (κ3) is 4.85. The Bertz CT molecular complexity index is 875. The fraction of sp³-hybridized carbons (Fsp3) is 0.600. The van der Waals surface area contributed by atoms with Gasteiger partial charge in [0, 0.05) is 50.8 Å². The van der Waals surface area contributed by atoms with E-state index in [0.29, 0.717) is 6.04 Å². The van der Waals surface area contributed by atoms with Crippen LogP contribution < -0.4 is 5.32 Å². The molecule has 6 nitrogen and oxygen atoms in total. The molecule has 0 aromatic carbocycles. The van der Waals surface area contributed by atoms with Crippen molar-refractivity contribution in [3.05, 3.63) is 54.1 Å². The number of thiocarbonyl (C=S) groups is 1. The monoisotopic (exact) mass is 453 g/mol. The zero-order valence-electron chi connectivity index (χ0n) is 18.9. The number of hydrogen-bond donors (Lipinski definition) is 1. The van der Waals surface area contributed by atoms with Crippen molar-refractivity contribution in [2.45, 2.75) is 56.7 Å². The number of hydrogen-bond acceptors (Lipinski definition) is 4. The van der Waals surface area contributed by atoms with Crippen LogP contribution in [0.4, 0.5) is 0 Å². The molecule has 0 bridgehead atoms. The highest BCUT2D eigenvalue weighted by Gasteiger charge is 2.40. The smallest absolute Gasteiger partial charge is 0.170 e. The summed E-state index contributed by atoms with van der Waals surface area (Å²) in [5.74, 6) is 0. The van der Waals surface area contributed by atoms with Gasteiger partial charge in [-0.15, -0.1) is 0 Å². The van der Waals surface area contributed by atoms with E-state index in [1.54, 1.807) is 0 Å². The molecule has 0 radical (unpaired) electrons. The van der Waals surface area contributed by atoms with Gasteiger partial charge in [0.2, 0.25) is 0 Å². The second-order valence-corrected chi connectivity index (χ2v) is 9.70. The molecule has 0 spiro atoms. The van der Waals surface area contributed by atoms with E-state index in [4.69, 9.17) is 17.0 Å². The Morgan fingerprint density at radius 1 is 1.06 bits per heavy atom. The number of rotatable bonds is 7. The van der Waals surface area contributed by atoms with Crippen molar-refractivity contribution in [2.24, 2.45) is 0 Å². The molecule has 2 saturated heterocycles. The van der Waals surface area contributed by atoms with E-state index in [1.807, 2.05) is 12.3 Å². The van der Waals surface area contributed by atoms with Gasteiger partial charge >= 0.3 is 0 Å². The summed E-state index contributed by atoms with van der Waals surface area (Å²) >= 11 is 5.84. The largest absolute Gasteiger partial charge is 0.379 e. The van der Waals surface area contributed by atoms with Crippen molar-refractivity contribution < 1.29 is 4.74 Å². The SMILES string of the molecule is S=C1N[C@@H](c2ccccn2)[C@@H](c2ccn(C3CCCCC3)c2)N1CCCN1CCOCC1. The van der Waals surface area contributed by atoms with Crippen LogP contribution in [-0.4, -0.2) is 63.9 Å². The first-order valence-corrected chi connectivity index (χ1v) is 12.7.